The molecule has 0 radical (unpaired) electrons. The molecule has 0 aliphatic carbocycles. The SMILES string of the molecule is CO[C@H]1C(OP(=O)(O)C(C)C)[C@@H](COC(C)C)O[C@H]1n1cnc2c(N)nc(N)nc21. The van der Waals surface area contributed by atoms with Crippen molar-refractivity contribution in [3.8, 4) is 0 Å². The normalized spacial score (nSPS) is 26.7. The number of methoxy groups -OCH3 is 1. The number of nitrogens with two attached hydrogens (primary N) is 2. The van der Waals surface area contributed by atoms with Crippen molar-refractivity contribution in [2.45, 2.75) is 64.0 Å². The average Bonchev–Trinajstić information content (AvgIpc) is 3.20. The lowest BCUT2D eigenvalue weighted by atomic mass is 10.1. The molecule has 2 aromatic heterocycles. The lowest BCUT2D eigenvalue weighted by Crippen LogP contribution is -2.38. The second-order valence-corrected chi connectivity index (χ2v) is 10.0. The Morgan fingerprint density at radius 2 is 1.97 bits per heavy atom. The van der Waals surface area contributed by atoms with Crippen LogP contribution in [0.5, 0.6) is 0 Å². The zero-order valence-corrected chi connectivity index (χ0v) is 18.5. The smallest absolute Gasteiger partial charge is 0.331 e. The van der Waals surface area contributed by atoms with Crippen molar-refractivity contribution in [2.75, 3.05) is 25.2 Å². The Bertz CT molecular complexity index is 937. The second-order valence-electron chi connectivity index (χ2n) is 7.67. The van der Waals surface area contributed by atoms with Gasteiger partial charge in [0.25, 0.3) is 0 Å². The van der Waals surface area contributed by atoms with Gasteiger partial charge in [0.1, 0.15) is 23.8 Å². The van der Waals surface area contributed by atoms with E-state index >= 15 is 0 Å². The Morgan fingerprint density at radius 1 is 1.27 bits per heavy atom. The molecule has 13 heteroatoms. The molecule has 12 nitrogen and oxygen atoms in total. The first-order valence-electron chi connectivity index (χ1n) is 9.61. The van der Waals surface area contributed by atoms with Crippen molar-refractivity contribution >= 4 is 30.5 Å². The lowest BCUT2D eigenvalue weighted by molar-refractivity contribution is -0.0766. The van der Waals surface area contributed by atoms with Crippen LogP contribution < -0.4 is 11.5 Å². The standard InChI is InChI=1S/C17H29N6O6P/c1-8(2)27-6-10-12(29-30(24,25)9(3)4)13(26-5)16(28-10)23-7-20-11-14(18)21-17(19)22-15(11)23/h7-10,12-13,16H,6H2,1-5H3,(H,24,25)(H4,18,19,21,22)/t10-,12?,13+,16-/m1/s1. The van der Waals surface area contributed by atoms with Crippen LogP contribution in [0.15, 0.2) is 6.33 Å². The van der Waals surface area contributed by atoms with Gasteiger partial charge in [0, 0.05) is 7.11 Å². The van der Waals surface area contributed by atoms with E-state index in [4.69, 9.17) is 30.2 Å². The minimum atomic E-state index is -3.92. The van der Waals surface area contributed by atoms with Crippen LogP contribution in [0.25, 0.3) is 11.2 Å². The molecule has 30 heavy (non-hydrogen) atoms. The zero-order valence-electron chi connectivity index (χ0n) is 17.6. The minimum Gasteiger partial charge on any atom is -0.382 e. The van der Waals surface area contributed by atoms with Gasteiger partial charge in [-0.1, -0.05) is 13.8 Å². The molecule has 2 aromatic rings. The number of hydrogen-bond donors (Lipinski definition) is 3. The highest BCUT2D eigenvalue weighted by molar-refractivity contribution is 7.53. The number of nitrogen functional groups attached to an aromatic ring is 2. The van der Waals surface area contributed by atoms with Crippen LogP contribution in [-0.2, 0) is 23.3 Å². The second kappa shape index (κ2) is 8.74. The Hall–Kier alpha value is -1.82. The summed E-state index contributed by atoms with van der Waals surface area (Å²) in [5.41, 5.74) is 11.8. The highest BCUT2D eigenvalue weighted by Crippen LogP contribution is 2.51. The molecule has 1 fully saturated rings. The fraction of sp³-hybridized carbons (Fsp3) is 0.706. The van der Waals surface area contributed by atoms with Crippen molar-refractivity contribution in [1.29, 1.82) is 0 Å². The van der Waals surface area contributed by atoms with Gasteiger partial charge in [0.2, 0.25) is 5.95 Å². The van der Waals surface area contributed by atoms with Gasteiger partial charge in [-0.2, -0.15) is 9.97 Å². The summed E-state index contributed by atoms with van der Waals surface area (Å²) in [6.07, 6.45) is -1.65. The number of ether oxygens (including phenoxy) is 3. The maximum absolute atomic E-state index is 12.6. The molecule has 5 N–H and O–H groups in total. The number of fused-ring (bicyclic) bond motifs is 1. The van der Waals surface area contributed by atoms with E-state index in [0.29, 0.717) is 11.2 Å². The van der Waals surface area contributed by atoms with Gasteiger partial charge in [-0.15, -0.1) is 0 Å². The fourth-order valence-electron chi connectivity index (χ4n) is 3.17. The fourth-order valence-corrected chi connectivity index (χ4v) is 4.02. The highest BCUT2D eigenvalue weighted by atomic mass is 31.2. The Labute approximate surface area is 174 Å². The van der Waals surface area contributed by atoms with E-state index in [-0.39, 0.29) is 24.5 Å². The predicted molar refractivity (Wildman–Crippen MR) is 110 cm³/mol. The van der Waals surface area contributed by atoms with E-state index in [2.05, 4.69) is 15.0 Å². The largest absolute Gasteiger partial charge is 0.382 e. The summed E-state index contributed by atoms with van der Waals surface area (Å²) in [6.45, 7) is 7.13. The van der Waals surface area contributed by atoms with Crippen LogP contribution in [0.2, 0.25) is 0 Å². The first-order chi connectivity index (χ1) is 14.0. The Balaban J connectivity index is 2.00. The summed E-state index contributed by atoms with van der Waals surface area (Å²) in [7, 11) is -2.45. The summed E-state index contributed by atoms with van der Waals surface area (Å²) in [5, 5.41) is 0. The van der Waals surface area contributed by atoms with Gasteiger partial charge >= 0.3 is 7.60 Å². The van der Waals surface area contributed by atoms with Crippen molar-refractivity contribution in [3.63, 3.8) is 0 Å². The van der Waals surface area contributed by atoms with Crippen LogP contribution >= 0.6 is 7.60 Å². The van der Waals surface area contributed by atoms with E-state index in [1.807, 2.05) is 13.8 Å². The summed E-state index contributed by atoms with van der Waals surface area (Å²) < 4.78 is 37.4. The minimum absolute atomic E-state index is 0.0131. The molecular weight excluding hydrogens is 415 g/mol. The third-order valence-corrected chi connectivity index (χ3v) is 6.67. The molecule has 1 aliphatic heterocycles. The number of rotatable bonds is 8. The molecule has 1 saturated heterocycles. The molecule has 0 aromatic carbocycles. The molecule has 168 valence electrons. The summed E-state index contributed by atoms with van der Waals surface area (Å²) in [6, 6.07) is 0. The third kappa shape index (κ3) is 4.43. The number of hydrogen-bond acceptors (Lipinski definition) is 10. The Morgan fingerprint density at radius 3 is 2.57 bits per heavy atom. The molecule has 3 rings (SSSR count). The number of nitrogens with zero attached hydrogens (tertiary/aromatic N) is 4. The summed E-state index contributed by atoms with van der Waals surface area (Å²) >= 11 is 0. The molecule has 0 spiro atoms. The van der Waals surface area contributed by atoms with Gasteiger partial charge in [-0.05, 0) is 13.8 Å². The molecule has 0 saturated carbocycles. The van der Waals surface area contributed by atoms with Crippen molar-refractivity contribution < 1.29 is 28.2 Å². The van der Waals surface area contributed by atoms with Crippen LogP contribution in [0.3, 0.4) is 0 Å². The monoisotopic (exact) mass is 444 g/mol. The average molecular weight is 444 g/mol. The molecular formula is C17H29N6O6P. The van der Waals surface area contributed by atoms with Crippen LogP contribution in [-0.4, -0.2) is 68.2 Å². The number of aromatic nitrogens is 4. The third-order valence-electron chi connectivity index (χ3n) is 4.82. The number of imidazole rings is 1. The molecule has 5 atom stereocenters. The first kappa shape index (κ1) is 22.9. The lowest BCUT2D eigenvalue weighted by Gasteiger charge is -2.27. The predicted octanol–water partition coefficient (Wildman–Crippen LogP) is 1.31. The van der Waals surface area contributed by atoms with Gasteiger partial charge in [0.05, 0.1) is 24.7 Å². The van der Waals surface area contributed by atoms with Gasteiger partial charge < -0.3 is 30.6 Å². The van der Waals surface area contributed by atoms with E-state index in [1.54, 1.807) is 18.4 Å². The molecule has 2 unspecified atom stereocenters. The molecule has 1 aliphatic rings. The highest BCUT2D eigenvalue weighted by Gasteiger charge is 2.50. The van der Waals surface area contributed by atoms with Crippen molar-refractivity contribution in [2.24, 2.45) is 0 Å². The van der Waals surface area contributed by atoms with E-state index in [9.17, 15) is 9.46 Å². The quantitative estimate of drug-likeness (QED) is 0.501. The van der Waals surface area contributed by atoms with E-state index < -0.39 is 37.8 Å². The van der Waals surface area contributed by atoms with Gasteiger partial charge in [-0.3, -0.25) is 13.7 Å². The maximum atomic E-state index is 12.6. The summed E-state index contributed by atoms with van der Waals surface area (Å²) in [4.78, 5) is 22.7. The first-order valence-corrected chi connectivity index (χ1v) is 11.3. The maximum Gasteiger partial charge on any atom is 0.331 e. The van der Waals surface area contributed by atoms with Crippen LogP contribution in [0.4, 0.5) is 11.8 Å². The molecule has 0 amide bonds. The number of anilines is 2. The van der Waals surface area contributed by atoms with Gasteiger partial charge in [-0.25, -0.2) is 4.98 Å². The van der Waals surface area contributed by atoms with Crippen molar-refractivity contribution in [1.82, 2.24) is 19.5 Å². The van der Waals surface area contributed by atoms with Crippen LogP contribution in [0, 0.1) is 0 Å². The topological polar surface area (TPSA) is 170 Å². The van der Waals surface area contributed by atoms with Gasteiger partial charge in [0.15, 0.2) is 17.7 Å². The molecule has 3 heterocycles. The van der Waals surface area contributed by atoms with E-state index in [0.717, 1.165) is 0 Å². The van der Waals surface area contributed by atoms with E-state index in [1.165, 1.54) is 13.4 Å². The van der Waals surface area contributed by atoms with Crippen LogP contribution in [0.1, 0.15) is 33.9 Å². The van der Waals surface area contributed by atoms with Crippen molar-refractivity contribution in [3.05, 3.63) is 6.33 Å². The Kier molecular flexibility index (Phi) is 6.66. The summed E-state index contributed by atoms with van der Waals surface area (Å²) in [5.74, 6) is 0.122. The molecule has 0 bridgehead atoms. The zero-order chi connectivity index (χ0) is 22.2.